The zero-order valence-corrected chi connectivity index (χ0v) is 11.8. The second-order valence-corrected chi connectivity index (χ2v) is 6.90. The fraction of sp³-hybridized carbons (Fsp3) is 0.333. The Kier molecular flexibility index (Phi) is 3.64. The van der Waals surface area contributed by atoms with Gasteiger partial charge in [-0.15, -0.1) is 0 Å². The molecule has 0 spiro atoms. The summed E-state index contributed by atoms with van der Waals surface area (Å²) >= 11 is 0. The third kappa shape index (κ3) is 2.79. The van der Waals surface area contributed by atoms with Crippen molar-refractivity contribution in [2.75, 3.05) is 4.90 Å². The second-order valence-electron chi connectivity index (χ2n) is 4.36. The Bertz CT molecular complexity index is 638. The Balaban J connectivity index is 2.45. The molecule has 1 aliphatic heterocycles. The van der Waals surface area contributed by atoms with Crippen LogP contribution in [0.4, 0.5) is 5.69 Å². The highest BCUT2D eigenvalue weighted by Gasteiger charge is 2.28. The van der Waals surface area contributed by atoms with Gasteiger partial charge in [0.2, 0.25) is 11.8 Å². The van der Waals surface area contributed by atoms with Crippen LogP contribution in [0, 0.1) is 6.92 Å². The highest BCUT2D eigenvalue weighted by molar-refractivity contribution is 8.13. The van der Waals surface area contributed by atoms with Crippen LogP contribution < -0.4 is 4.90 Å². The minimum absolute atomic E-state index is 0.0187. The summed E-state index contributed by atoms with van der Waals surface area (Å²) in [5, 5.41) is 0. The van der Waals surface area contributed by atoms with Crippen LogP contribution in [-0.2, 0) is 18.6 Å². The molecule has 1 fully saturated rings. The van der Waals surface area contributed by atoms with Crippen LogP contribution in [0.3, 0.4) is 0 Å². The van der Waals surface area contributed by atoms with Gasteiger partial charge >= 0.3 is 0 Å². The molecule has 0 atom stereocenters. The van der Waals surface area contributed by atoms with Gasteiger partial charge in [0.15, 0.2) is 0 Å². The number of hydrogen-bond acceptors (Lipinski definition) is 4. The molecule has 2 amide bonds. The molecule has 2 rings (SSSR count). The van der Waals surface area contributed by atoms with E-state index in [4.69, 9.17) is 10.7 Å². The minimum Gasteiger partial charge on any atom is -0.274 e. The summed E-state index contributed by atoms with van der Waals surface area (Å²) in [7, 11) is 1.46. The van der Waals surface area contributed by atoms with Crippen LogP contribution in [0.25, 0.3) is 0 Å². The smallest absolute Gasteiger partial charge is 0.261 e. The Labute approximate surface area is 115 Å². The summed E-state index contributed by atoms with van der Waals surface area (Å²) in [6.45, 7) is 1.57. The predicted octanol–water partition coefficient (Wildman–Crippen LogP) is 1.97. The van der Waals surface area contributed by atoms with Crippen molar-refractivity contribution in [3.05, 3.63) is 23.8 Å². The first-order valence-electron chi connectivity index (χ1n) is 5.72. The molecule has 0 aromatic heterocycles. The Morgan fingerprint density at radius 2 is 1.74 bits per heavy atom. The van der Waals surface area contributed by atoms with Crippen molar-refractivity contribution in [2.24, 2.45) is 0 Å². The van der Waals surface area contributed by atoms with Crippen molar-refractivity contribution in [3.63, 3.8) is 0 Å². The highest BCUT2D eigenvalue weighted by atomic mass is 35.7. The van der Waals surface area contributed by atoms with Gasteiger partial charge in [-0.05, 0) is 37.1 Å². The molecule has 102 valence electrons. The number of nitrogens with zero attached hydrogens (tertiary/aromatic N) is 1. The molecular weight excluding hydrogens is 290 g/mol. The van der Waals surface area contributed by atoms with Gasteiger partial charge in [0.25, 0.3) is 9.05 Å². The molecule has 0 radical (unpaired) electrons. The van der Waals surface area contributed by atoms with Crippen LogP contribution in [0.1, 0.15) is 24.8 Å². The van der Waals surface area contributed by atoms with Crippen molar-refractivity contribution in [3.8, 4) is 0 Å². The van der Waals surface area contributed by atoms with Gasteiger partial charge in [-0.3, -0.25) is 14.5 Å². The van der Waals surface area contributed by atoms with E-state index in [9.17, 15) is 18.0 Å². The number of hydrogen-bond donors (Lipinski definition) is 0. The van der Waals surface area contributed by atoms with Crippen molar-refractivity contribution in [2.45, 2.75) is 31.1 Å². The molecule has 5 nitrogen and oxygen atoms in total. The average molecular weight is 302 g/mol. The monoisotopic (exact) mass is 301 g/mol. The zero-order valence-electron chi connectivity index (χ0n) is 10.2. The molecular formula is C12H12ClNO4S. The largest absolute Gasteiger partial charge is 0.274 e. The molecule has 0 unspecified atom stereocenters. The number of anilines is 1. The lowest BCUT2D eigenvalue weighted by Crippen LogP contribution is -2.40. The highest BCUT2D eigenvalue weighted by Crippen LogP contribution is 2.27. The first-order chi connectivity index (χ1) is 8.80. The van der Waals surface area contributed by atoms with Crippen LogP contribution in [0.5, 0.6) is 0 Å². The van der Waals surface area contributed by atoms with E-state index < -0.39 is 9.05 Å². The fourth-order valence-electron chi connectivity index (χ4n) is 2.09. The normalized spacial score (nSPS) is 16.8. The van der Waals surface area contributed by atoms with Crippen molar-refractivity contribution < 1.29 is 18.0 Å². The Morgan fingerprint density at radius 1 is 1.16 bits per heavy atom. The van der Waals surface area contributed by atoms with Crippen molar-refractivity contribution >= 4 is 37.2 Å². The molecule has 1 aromatic rings. The van der Waals surface area contributed by atoms with Gasteiger partial charge in [-0.25, -0.2) is 8.42 Å². The first-order valence-corrected chi connectivity index (χ1v) is 8.03. The molecule has 19 heavy (non-hydrogen) atoms. The molecule has 0 bridgehead atoms. The predicted molar refractivity (Wildman–Crippen MR) is 70.6 cm³/mol. The number of carbonyl (C=O) groups excluding carboxylic acids is 2. The number of imide groups is 1. The molecule has 7 heteroatoms. The summed E-state index contributed by atoms with van der Waals surface area (Å²) in [5.41, 5.74) is 0.787. The summed E-state index contributed by atoms with van der Waals surface area (Å²) in [5.74, 6) is -0.533. The summed E-state index contributed by atoms with van der Waals surface area (Å²) in [6.07, 6.45) is 1.20. The van der Waals surface area contributed by atoms with E-state index in [1.807, 2.05) is 0 Å². The van der Waals surface area contributed by atoms with Crippen LogP contribution in [0.15, 0.2) is 23.1 Å². The maximum Gasteiger partial charge on any atom is 0.261 e. The lowest BCUT2D eigenvalue weighted by molar-refractivity contribution is -0.129. The van der Waals surface area contributed by atoms with E-state index in [-0.39, 0.29) is 16.7 Å². The van der Waals surface area contributed by atoms with Gasteiger partial charge in [0.05, 0.1) is 10.6 Å². The molecule has 1 aromatic carbocycles. The summed E-state index contributed by atoms with van der Waals surface area (Å²) in [4.78, 5) is 24.6. The third-order valence-corrected chi connectivity index (χ3v) is 4.44. The van der Waals surface area contributed by atoms with Gasteiger partial charge < -0.3 is 0 Å². The van der Waals surface area contributed by atoms with E-state index in [1.165, 1.54) is 18.2 Å². The molecule has 1 aliphatic rings. The van der Waals surface area contributed by atoms with Crippen LogP contribution >= 0.6 is 10.7 Å². The fourth-order valence-corrected chi connectivity index (χ4v) is 3.28. The molecule has 0 saturated carbocycles. The van der Waals surface area contributed by atoms with Crippen LogP contribution in [0.2, 0.25) is 0 Å². The Morgan fingerprint density at radius 3 is 2.21 bits per heavy atom. The number of rotatable bonds is 2. The van der Waals surface area contributed by atoms with E-state index in [0.29, 0.717) is 30.5 Å². The Hall–Kier alpha value is -1.40. The van der Waals surface area contributed by atoms with Gasteiger partial charge in [0, 0.05) is 23.5 Å². The standard InChI is InChI=1S/C12H12ClNO4S/c1-8-7-9(5-6-10(8)19(13,17)18)14-11(15)3-2-4-12(14)16/h5-7H,2-4H2,1H3. The second kappa shape index (κ2) is 4.94. The number of benzene rings is 1. The van der Waals surface area contributed by atoms with Crippen LogP contribution in [-0.4, -0.2) is 20.2 Å². The van der Waals surface area contributed by atoms with E-state index in [0.717, 1.165) is 4.90 Å². The number of piperidine rings is 1. The lowest BCUT2D eigenvalue weighted by Gasteiger charge is -2.25. The topological polar surface area (TPSA) is 71.5 Å². The maximum atomic E-state index is 11.8. The summed E-state index contributed by atoms with van der Waals surface area (Å²) in [6, 6.07) is 4.21. The number of halogens is 1. The van der Waals surface area contributed by atoms with Gasteiger partial charge in [-0.2, -0.15) is 0 Å². The van der Waals surface area contributed by atoms with Gasteiger partial charge in [0.1, 0.15) is 0 Å². The summed E-state index contributed by atoms with van der Waals surface area (Å²) < 4.78 is 22.6. The third-order valence-electron chi connectivity index (χ3n) is 2.96. The van der Waals surface area contributed by atoms with E-state index in [2.05, 4.69) is 0 Å². The van der Waals surface area contributed by atoms with E-state index in [1.54, 1.807) is 6.92 Å². The molecule has 1 heterocycles. The SMILES string of the molecule is Cc1cc(N2C(=O)CCCC2=O)ccc1S(=O)(=O)Cl. The minimum atomic E-state index is -3.82. The number of carbonyl (C=O) groups is 2. The van der Waals surface area contributed by atoms with Gasteiger partial charge in [-0.1, -0.05) is 0 Å². The molecule has 1 saturated heterocycles. The van der Waals surface area contributed by atoms with E-state index >= 15 is 0 Å². The molecule has 0 aliphatic carbocycles. The number of aryl methyl sites for hydroxylation is 1. The quantitative estimate of drug-likeness (QED) is 0.618. The zero-order chi connectivity index (χ0) is 14.2. The number of amides is 2. The lowest BCUT2D eigenvalue weighted by atomic mass is 10.1. The molecule has 0 N–H and O–H groups in total. The van der Waals surface area contributed by atoms with Crippen molar-refractivity contribution in [1.82, 2.24) is 0 Å². The van der Waals surface area contributed by atoms with Crippen molar-refractivity contribution in [1.29, 1.82) is 0 Å². The first kappa shape index (κ1) is 14.0. The average Bonchev–Trinajstić information content (AvgIpc) is 2.27. The maximum absolute atomic E-state index is 11.8.